The van der Waals surface area contributed by atoms with Gasteiger partial charge >= 0.3 is 12.2 Å². The number of carbonyl (C=O) groups excluding carboxylic acids is 1. The lowest BCUT2D eigenvalue weighted by Gasteiger charge is -2.13. The molecular formula is C23H16BrClF3N5O2. The van der Waals surface area contributed by atoms with Crippen molar-refractivity contribution in [1.29, 1.82) is 0 Å². The largest absolute Gasteiger partial charge is 0.457 e. The Morgan fingerprint density at radius 2 is 1.86 bits per heavy atom. The van der Waals surface area contributed by atoms with E-state index in [0.717, 1.165) is 17.7 Å². The molecule has 180 valence electrons. The van der Waals surface area contributed by atoms with Crippen LogP contribution >= 0.6 is 27.5 Å². The minimum Gasteiger partial charge on any atom is -0.457 e. The summed E-state index contributed by atoms with van der Waals surface area (Å²) < 4.78 is 47.2. The SMILES string of the molecule is Cn1cc(-c2cc(Oc3ccc(NC(=O)Nc4ccc(Cl)c(C(F)(F)F)c4)c(Br)c3)ccn2)cn1. The van der Waals surface area contributed by atoms with Crippen LogP contribution in [0.5, 0.6) is 11.5 Å². The van der Waals surface area contributed by atoms with E-state index in [9.17, 15) is 18.0 Å². The van der Waals surface area contributed by atoms with Crippen molar-refractivity contribution in [3.63, 3.8) is 0 Å². The molecule has 2 aromatic heterocycles. The van der Waals surface area contributed by atoms with Crippen molar-refractivity contribution in [3.05, 3.63) is 82.2 Å². The number of ether oxygens (including phenoxy) is 1. The van der Waals surface area contributed by atoms with Crippen LogP contribution in [0.1, 0.15) is 5.56 Å². The summed E-state index contributed by atoms with van der Waals surface area (Å²) in [5.74, 6) is 1.03. The van der Waals surface area contributed by atoms with Gasteiger partial charge in [-0.15, -0.1) is 0 Å². The summed E-state index contributed by atoms with van der Waals surface area (Å²) in [6.45, 7) is 0. The van der Waals surface area contributed by atoms with Crippen LogP contribution in [-0.2, 0) is 13.2 Å². The summed E-state index contributed by atoms with van der Waals surface area (Å²) in [6, 6.07) is 10.7. The number of hydrogen-bond acceptors (Lipinski definition) is 4. The normalized spacial score (nSPS) is 11.3. The standard InChI is InChI=1S/C23H16BrClF3N5O2/c1-33-12-13(11-30-33)21-10-16(6-7-29-21)35-15-3-5-20(18(24)9-15)32-22(34)31-14-2-4-19(25)17(8-14)23(26,27)28/h2-12H,1H3,(H2,31,32,34). The number of halogens is 5. The average molecular weight is 567 g/mol. The summed E-state index contributed by atoms with van der Waals surface area (Å²) in [6.07, 6.45) is 0.510. The van der Waals surface area contributed by atoms with E-state index in [1.807, 2.05) is 13.2 Å². The van der Waals surface area contributed by atoms with Crippen LogP contribution in [0.25, 0.3) is 11.3 Å². The van der Waals surface area contributed by atoms with Crippen molar-refractivity contribution < 1.29 is 22.7 Å². The molecule has 0 saturated heterocycles. The van der Waals surface area contributed by atoms with Crippen molar-refractivity contribution in [2.45, 2.75) is 6.18 Å². The predicted octanol–water partition coefficient (Wildman–Crippen LogP) is 7.35. The molecule has 0 bridgehead atoms. The molecule has 2 N–H and O–H groups in total. The molecule has 2 amide bonds. The van der Waals surface area contributed by atoms with Gasteiger partial charge in [0.05, 0.1) is 28.2 Å². The zero-order valence-electron chi connectivity index (χ0n) is 17.9. The van der Waals surface area contributed by atoms with E-state index in [2.05, 4.69) is 36.6 Å². The van der Waals surface area contributed by atoms with Crippen molar-refractivity contribution in [2.24, 2.45) is 7.05 Å². The second-order valence-corrected chi connectivity index (χ2v) is 8.56. The van der Waals surface area contributed by atoms with Gasteiger partial charge in [0.1, 0.15) is 11.5 Å². The topological polar surface area (TPSA) is 81.1 Å². The first kappa shape index (κ1) is 24.6. The Kier molecular flexibility index (Phi) is 6.99. The molecule has 0 aliphatic carbocycles. The zero-order chi connectivity index (χ0) is 25.2. The number of nitrogens with zero attached hydrogens (tertiary/aromatic N) is 3. The lowest BCUT2D eigenvalue weighted by Crippen LogP contribution is -2.20. The van der Waals surface area contributed by atoms with E-state index >= 15 is 0 Å². The molecule has 0 aliphatic heterocycles. The number of rotatable bonds is 5. The first-order valence-electron chi connectivity index (χ1n) is 9.96. The third kappa shape index (κ3) is 6.11. The van der Waals surface area contributed by atoms with Crippen LogP contribution in [0.2, 0.25) is 5.02 Å². The smallest absolute Gasteiger partial charge is 0.417 e. The predicted molar refractivity (Wildman–Crippen MR) is 130 cm³/mol. The number of aromatic nitrogens is 3. The fraction of sp³-hybridized carbons (Fsp3) is 0.0870. The van der Waals surface area contributed by atoms with Gasteiger partial charge in [-0.1, -0.05) is 11.6 Å². The van der Waals surface area contributed by atoms with Crippen molar-refractivity contribution in [2.75, 3.05) is 10.6 Å². The quantitative estimate of drug-likeness (QED) is 0.265. The van der Waals surface area contributed by atoms with Gasteiger partial charge in [-0.05, 0) is 58.4 Å². The number of carbonyl (C=O) groups is 1. The van der Waals surface area contributed by atoms with Gasteiger partial charge in [0.2, 0.25) is 0 Å². The molecule has 0 saturated carbocycles. The third-order valence-corrected chi connectivity index (χ3v) is 5.67. The van der Waals surface area contributed by atoms with Crippen molar-refractivity contribution >= 4 is 44.9 Å². The number of anilines is 2. The molecule has 2 heterocycles. The van der Waals surface area contributed by atoms with E-state index < -0.39 is 22.8 Å². The van der Waals surface area contributed by atoms with Crippen LogP contribution in [-0.4, -0.2) is 20.8 Å². The molecule has 4 rings (SSSR count). The number of benzene rings is 2. The monoisotopic (exact) mass is 565 g/mol. The molecule has 0 unspecified atom stereocenters. The average Bonchev–Trinajstić information content (AvgIpc) is 3.23. The summed E-state index contributed by atoms with van der Waals surface area (Å²) in [5, 5.41) is 8.61. The molecule has 12 heteroatoms. The Morgan fingerprint density at radius 1 is 1.09 bits per heavy atom. The van der Waals surface area contributed by atoms with Crippen LogP contribution in [0.15, 0.2) is 71.6 Å². The molecule has 0 spiro atoms. The van der Waals surface area contributed by atoms with Gasteiger partial charge in [-0.25, -0.2) is 4.79 Å². The molecule has 0 radical (unpaired) electrons. The van der Waals surface area contributed by atoms with E-state index in [0.29, 0.717) is 27.4 Å². The van der Waals surface area contributed by atoms with E-state index in [1.54, 1.807) is 47.4 Å². The number of amides is 2. The van der Waals surface area contributed by atoms with Gasteiger partial charge in [0.25, 0.3) is 0 Å². The summed E-state index contributed by atoms with van der Waals surface area (Å²) in [4.78, 5) is 16.6. The van der Waals surface area contributed by atoms with Gasteiger partial charge in [-0.2, -0.15) is 18.3 Å². The number of hydrogen-bond donors (Lipinski definition) is 2. The molecule has 0 atom stereocenters. The van der Waals surface area contributed by atoms with E-state index in [-0.39, 0.29) is 5.69 Å². The fourth-order valence-electron chi connectivity index (χ4n) is 3.09. The summed E-state index contributed by atoms with van der Waals surface area (Å²) >= 11 is 8.97. The second kappa shape index (κ2) is 9.96. The molecule has 0 aliphatic rings. The Morgan fingerprint density at radius 3 is 2.54 bits per heavy atom. The molecule has 7 nitrogen and oxygen atoms in total. The molecule has 2 aromatic carbocycles. The maximum atomic E-state index is 13.0. The summed E-state index contributed by atoms with van der Waals surface area (Å²) in [5.41, 5.74) is 0.818. The number of aryl methyl sites for hydroxylation is 1. The highest BCUT2D eigenvalue weighted by atomic mass is 79.9. The number of pyridine rings is 1. The highest BCUT2D eigenvalue weighted by molar-refractivity contribution is 9.10. The zero-order valence-corrected chi connectivity index (χ0v) is 20.2. The Hall–Kier alpha value is -3.57. The Bertz CT molecular complexity index is 1390. The molecular weight excluding hydrogens is 551 g/mol. The van der Waals surface area contributed by atoms with Gasteiger partial charge in [0, 0.05) is 41.2 Å². The Balaban J connectivity index is 1.43. The minimum atomic E-state index is -4.64. The maximum Gasteiger partial charge on any atom is 0.417 e. The Labute approximate surface area is 211 Å². The number of urea groups is 1. The molecule has 4 aromatic rings. The van der Waals surface area contributed by atoms with Crippen LogP contribution in [0, 0.1) is 0 Å². The van der Waals surface area contributed by atoms with Gasteiger partial charge in [0.15, 0.2) is 0 Å². The van der Waals surface area contributed by atoms with E-state index in [1.165, 1.54) is 6.07 Å². The van der Waals surface area contributed by atoms with E-state index in [4.69, 9.17) is 16.3 Å². The fourth-order valence-corrected chi connectivity index (χ4v) is 3.77. The number of nitrogens with one attached hydrogen (secondary N) is 2. The van der Waals surface area contributed by atoms with Gasteiger partial charge in [-0.3, -0.25) is 9.67 Å². The molecule has 35 heavy (non-hydrogen) atoms. The minimum absolute atomic E-state index is 0.0580. The maximum absolute atomic E-state index is 13.0. The highest BCUT2D eigenvalue weighted by Gasteiger charge is 2.33. The van der Waals surface area contributed by atoms with Crippen LogP contribution in [0.3, 0.4) is 0 Å². The van der Waals surface area contributed by atoms with Crippen LogP contribution < -0.4 is 15.4 Å². The second-order valence-electron chi connectivity index (χ2n) is 7.29. The first-order chi connectivity index (χ1) is 16.6. The molecule has 0 fully saturated rings. The van der Waals surface area contributed by atoms with Crippen molar-refractivity contribution in [3.8, 4) is 22.8 Å². The van der Waals surface area contributed by atoms with Crippen LogP contribution in [0.4, 0.5) is 29.3 Å². The third-order valence-electron chi connectivity index (χ3n) is 4.69. The number of alkyl halides is 3. The highest BCUT2D eigenvalue weighted by Crippen LogP contribution is 2.36. The lowest BCUT2D eigenvalue weighted by atomic mass is 10.2. The summed E-state index contributed by atoms with van der Waals surface area (Å²) in [7, 11) is 1.81. The lowest BCUT2D eigenvalue weighted by molar-refractivity contribution is -0.137. The first-order valence-corrected chi connectivity index (χ1v) is 11.1. The van der Waals surface area contributed by atoms with Gasteiger partial charge < -0.3 is 15.4 Å². The van der Waals surface area contributed by atoms with Crippen molar-refractivity contribution in [1.82, 2.24) is 14.8 Å².